The number of carbonyl (C=O) groups is 1. The van der Waals surface area contributed by atoms with Gasteiger partial charge >= 0.3 is 0 Å². The molecule has 0 fully saturated rings. The molecule has 5 heteroatoms. The Hall–Kier alpha value is -2.40. The normalized spacial score (nSPS) is 10.3. The van der Waals surface area contributed by atoms with Crippen LogP contribution in [0.1, 0.15) is 16.8 Å². The molecule has 0 saturated heterocycles. The molecule has 1 aromatic heterocycles. The van der Waals surface area contributed by atoms with Gasteiger partial charge in [0.1, 0.15) is 0 Å². The summed E-state index contributed by atoms with van der Waals surface area (Å²) in [6.07, 6.45) is 4.11. The fraction of sp³-hybridized carbons (Fsp3) is 0.294. The molecule has 0 radical (unpaired) electrons. The van der Waals surface area contributed by atoms with Crippen LogP contribution >= 0.6 is 0 Å². The van der Waals surface area contributed by atoms with Gasteiger partial charge in [0.2, 0.25) is 0 Å². The molecule has 0 aliphatic rings. The Morgan fingerprint density at radius 2 is 1.91 bits per heavy atom. The SMILES string of the molecule is CN(C)c1ccc(-c2cncc(C(=O)NCCCN)c2)cc1. The molecular formula is C17H22N4O. The van der Waals surface area contributed by atoms with Crippen molar-refractivity contribution in [3.63, 3.8) is 0 Å². The van der Waals surface area contributed by atoms with Gasteiger partial charge in [-0.15, -0.1) is 0 Å². The molecule has 22 heavy (non-hydrogen) atoms. The molecule has 0 saturated carbocycles. The van der Waals surface area contributed by atoms with Crippen LogP contribution in [0.3, 0.4) is 0 Å². The zero-order valence-corrected chi connectivity index (χ0v) is 13.0. The monoisotopic (exact) mass is 298 g/mol. The lowest BCUT2D eigenvalue weighted by atomic mass is 10.1. The maximum absolute atomic E-state index is 12.0. The van der Waals surface area contributed by atoms with E-state index < -0.39 is 0 Å². The number of pyridine rings is 1. The molecule has 0 unspecified atom stereocenters. The summed E-state index contributed by atoms with van der Waals surface area (Å²) in [4.78, 5) is 18.3. The van der Waals surface area contributed by atoms with E-state index in [1.807, 2.05) is 49.3 Å². The molecule has 0 aliphatic carbocycles. The number of nitrogens with one attached hydrogen (secondary N) is 1. The van der Waals surface area contributed by atoms with Gasteiger partial charge in [-0.3, -0.25) is 9.78 Å². The average molecular weight is 298 g/mol. The van der Waals surface area contributed by atoms with Gasteiger partial charge in [0.05, 0.1) is 5.56 Å². The summed E-state index contributed by atoms with van der Waals surface area (Å²) < 4.78 is 0. The van der Waals surface area contributed by atoms with Crippen LogP contribution in [0, 0.1) is 0 Å². The Morgan fingerprint density at radius 3 is 2.55 bits per heavy atom. The van der Waals surface area contributed by atoms with Crippen LogP contribution in [0.4, 0.5) is 5.69 Å². The third-order valence-electron chi connectivity index (χ3n) is 3.38. The van der Waals surface area contributed by atoms with E-state index in [1.54, 1.807) is 12.4 Å². The van der Waals surface area contributed by atoms with Crippen LogP contribution in [0.25, 0.3) is 11.1 Å². The van der Waals surface area contributed by atoms with Crippen LogP contribution in [0.2, 0.25) is 0 Å². The van der Waals surface area contributed by atoms with Gasteiger partial charge in [-0.1, -0.05) is 12.1 Å². The minimum atomic E-state index is -0.118. The lowest BCUT2D eigenvalue weighted by Crippen LogP contribution is -2.26. The quantitative estimate of drug-likeness (QED) is 0.799. The molecule has 2 aromatic rings. The third kappa shape index (κ3) is 4.05. The van der Waals surface area contributed by atoms with Gasteiger partial charge in [0.25, 0.3) is 5.91 Å². The number of nitrogens with two attached hydrogens (primary N) is 1. The van der Waals surface area contributed by atoms with Crippen molar-refractivity contribution in [1.29, 1.82) is 0 Å². The molecule has 5 nitrogen and oxygen atoms in total. The van der Waals surface area contributed by atoms with Crippen molar-refractivity contribution in [3.8, 4) is 11.1 Å². The summed E-state index contributed by atoms with van der Waals surface area (Å²) in [6.45, 7) is 1.15. The van der Waals surface area contributed by atoms with E-state index in [0.29, 0.717) is 18.7 Å². The van der Waals surface area contributed by atoms with E-state index in [-0.39, 0.29) is 5.91 Å². The topological polar surface area (TPSA) is 71.2 Å². The van der Waals surface area contributed by atoms with E-state index in [4.69, 9.17) is 5.73 Å². The van der Waals surface area contributed by atoms with Crippen molar-refractivity contribution < 1.29 is 4.79 Å². The number of carbonyl (C=O) groups excluding carboxylic acids is 1. The largest absolute Gasteiger partial charge is 0.378 e. The molecule has 3 N–H and O–H groups in total. The van der Waals surface area contributed by atoms with Crippen LogP contribution in [-0.4, -0.2) is 38.1 Å². The Bertz CT molecular complexity index is 623. The van der Waals surface area contributed by atoms with Gasteiger partial charge in [-0.25, -0.2) is 0 Å². The Labute approximate surface area is 131 Å². The number of amides is 1. The van der Waals surface area contributed by atoms with Crippen molar-refractivity contribution >= 4 is 11.6 Å². The van der Waals surface area contributed by atoms with Crippen molar-refractivity contribution in [3.05, 3.63) is 48.3 Å². The summed E-state index contributed by atoms with van der Waals surface area (Å²) in [5.74, 6) is -0.118. The number of aromatic nitrogens is 1. The highest BCUT2D eigenvalue weighted by atomic mass is 16.1. The first-order valence-corrected chi connectivity index (χ1v) is 7.33. The molecular weight excluding hydrogens is 276 g/mol. The molecule has 0 atom stereocenters. The molecule has 0 bridgehead atoms. The zero-order valence-electron chi connectivity index (χ0n) is 13.0. The van der Waals surface area contributed by atoms with Crippen molar-refractivity contribution in [1.82, 2.24) is 10.3 Å². The molecule has 0 spiro atoms. The van der Waals surface area contributed by atoms with E-state index in [0.717, 1.165) is 23.2 Å². The number of nitrogens with zero attached hydrogens (tertiary/aromatic N) is 2. The summed E-state index contributed by atoms with van der Waals surface area (Å²) in [5.41, 5.74) is 9.08. The van der Waals surface area contributed by atoms with Crippen molar-refractivity contribution in [2.75, 3.05) is 32.1 Å². The summed E-state index contributed by atoms with van der Waals surface area (Å²) in [7, 11) is 4.01. The van der Waals surface area contributed by atoms with Gasteiger partial charge in [-0.2, -0.15) is 0 Å². The maximum atomic E-state index is 12.0. The maximum Gasteiger partial charge on any atom is 0.252 e. The van der Waals surface area contributed by atoms with Crippen molar-refractivity contribution in [2.45, 2.75) is 6.42 Å². The van der Waals surface area contributed by atoms with E-state index in [2.05, 4.69) is 10.3 Å². The zero-order chi connectivity index (χ0) is 15.9. The lowest BCUT2D eigenvalue weighted by Gasteiger charge is -2.13. The predicted octanol–water partition coefficient (Wildman–Crippen LogP) is 1.89. The Kier molecular flexibility index (Phi) is 5.49. The fourth-order valence-electron chi connectivity index (χ4n) is 2.08. The number of hydrogen-bond donors (Lipinski definition) is 2. The second-order valence-corrected chi connectivity index (χ2v) is 5.30. The van der Waals surface area contributed by atoms with E-state index in [9.17, 15) is 4.79 Å². The number of benzene rings is 1. The second-order valence-electron chi connectivity index (χ2n) is 5.30. The average Bonchev–Trinajstić information content (AvgIpc) is 2.55. The van der Waals surface area contributed by atoms with E-state index in [1.165, 1.54) is 0 Å². The van der Waals surface area contributed by atoms with Crippen LogP contribution < -0.4 is 16.0 Å². The first kappa shape index (κ1) is 16.0. The fourth-order valence-corrected chi connectivity index (χ4v) is 2.08. The highest BCUT2D eigenvalue weighted by molar-refractivity contribution is 5.95. The van der Waals surface area contributed by atoms with Crippen LogP contribution in [0.15, 0.2) is 42.7 Å². The number of hydrogen-bond acceptors (Lipinski definition) is 4. The molecule has 1 heterocycles. The van der Waals surface area contributed by atoms with Crippen LogP contribution in [0.5, 0.6) is 0 Å². The lowest BCUT2D eigenvalue weighted by molar-refractivity contribution is 0.0953. The smallest absolute Gasteiger partial charge is 0.252 e. The molecule has 1 amide bonds. The highest BCUT2D eigenvalue weighted by Gasteiger charge is 2.07. The van der Waals surface area contributed by atoms with Gasteiger partial charge < -0.3 is 16.0 Å². The number of anilines is 1. The third-order valence-corrected chi connectivity index (χ3v) is 3.38. The molecule has 116 valence electrons. The second kappa shape index (κ2) is 7.56. The first-order chi connectivity index (χ1) is 10.6. The molecule has 2 rings (SSSR count). The summed E-state index contributed by atoms with van der Waals surface area (Å²) >= 11 is 0. The predicted molar refractivity (Wildman–Crippen MR) is 90.0 cm³/mol. The summed E-state index contributed by atoms with van der Waals surface area (Å²) in [6, 6.07) is 10.0. The van der Waals surface area contributed by atoms with E-state index >= 15 is 0 Å². The van der Waals surface area contributed by atoms with Crippen LogP contribution in [-0.2, 0) is 0 Å². The summed E-state index contributed by atoms with van der Waals surface area (Å²) in [5, 5.41) is 2.84. The molecule has 1 aromatic carbocycles. The standard InChI is InChI=1S/C17H22N4O/c1-21(2)16-6-4-13(5-7-16)14-10-15(12-19-11-14)17(22)20-9-3-8-18/h4-7,10-12H,3,8-9,18H2,1-2H3,(H,20,22). The van der Waals surface area contributed by atoms with Gasteiger partial charge in [0, 0.05) is 44.3 Å². The van der Waals surface area contributed by atoms with Crippen molar-refractivity contribution in [2.24, 2.45) is 5.73 Å². The molecule has 0 aliphatic heterocycles. The number of rotatable bonds is 6. The minimum absolute atomic E-state index is 0.118. The Morgan fingerprint density at radius 1 is 1.18 bits per heavy atom. The minimum Gasteiger partial charge on any atom is -0.378 e. The first-order valence-electron chi connectivity index (χ1n) is 7.33. The van der Waals surface area contributed by atoms with Gasteiger partial charge in [-0.05, 0) is 36.7 Å². The van der Waals surface area contributed by atoms with Gasteiger partial charge in [0.15, 0.2) is 0 Å². The highest BCUT2D eigenvalue weighted by Crippen LogP contribution is 2.22. The Balaban J connectivity index is 2.15.